The number of nitrogens with one attached hydrogen (secondary N) is 1. The molecule has 2 aromatic rings. The molecule has 0 aliphatic carbocycles. The normalized spacial score (nSPS) is 10.1. The molecule has 0 aliphatic heterocycles. The molecule has 0 heterocycles. The van der Waals surface area contributed by atoms with Gasteiger partial charge in [-0.05, 0) is 24.3 Å². The Bertz CT molecular complexity index is 688. The summed E-state index contributed by atoms with van der Waals surface area (Å²) in [6.07, 6.45) is 0. The van der Waals surface area contributed by atoms with Crippen LogP contribution in [0.4, 0.5) is 21.5 Å². The first kappa shape index (κ1) is 13.5. The van der Waals surface area contributed by atoms with E-state index in [9.17, 15) is 19.3 Å². The molecule has 0 saturated heterocycles. The summed E-state index contributed by atoms with van der Waals surface area (Å²) in [5.74, 6) is -1.38. The molecule has 20 heavy (non-hydrogen) atoms. The SMILES string of the molecule is Nc1ccc(C(=O)Nc2ccccc2[N+](=O)[O-])cc1F. The molecule has 0 radical (unpaired) electrons. The van der Waals surface area contributed by atoms with Crippen molar-refractivity contribution in [2.75, 3.05) is 11.1 Å². The van der Waals surface area contributed by atoms with Crippen molar-refractivity contribution >= 4 is 23.0 Å². The number of halogens is 1. The molecule has 0 atom stereocenters. The smallest absolute Gasteiger partial charge is 0.292 e. The summed E-state index contributed by atoms with van der Waals surface area (Å²) < 4.78 is 13.3. The van der Waals surface area contributed by atoms with E-state index < -0.39 is 16.6 Å². The third-order valence-electron chi connectivity index (χ3n) is 2.61. The molecule has 1 amide bonds. The van der Waals surface area contributed by atoms with Crippen molar-refractivity contribution in [1.82, 2.24) is 0 Å². The van der Waals surface area contributed by atoms with Crippen molar-refractivity contribution in [1.29, 1.82) is 0 Å². The summed E-state index contributed by atoms with van der Waals surface area (Å²) in [6.45, 7) is 0. The van der Waals surface area contributed by atoms with Crippen LogP contribution >= 0.6 is 0 Å². The van der Waals surface area contributed by atoms with Crippen LogP contribution in [0.15, 0.2) is 42.5 Å². The summed E-state index contributed by atoms with van der Waals surface area (Å²) in [7, 11) is 0. The highest BCUT2D eigenvalue weighted by molar-refractivity contribution is 6.05. The zero-order chi connectivity index (χ0) is 14.7. The molecule has 3 N–H and O–H groups in total. The lowest BCUT2D eigenvalue weighted by Crippen LogP contribution is -2.13. The van der Waals surface area contributed by atoms with Gasteiger partial charge in [0.25, 0.3) is 11.6 Å². The molecule has 0 saturated carbocycles. The second kappa shape index (κ2) is 5.35. The third-order valence-corrected chi connectivity index (χ3v) is 2.61. The number of hydrogen-bond donors (Lipinski definition) is 2. The summed E-state index contributed by atoms with van der Waals surface area (Å²) in [4.78, 5) is 22.1. The van der Waals surface area contributed by atoms with Crippen molar-refractivity contribution in [3.63, 3.8) is 0 Å². The molecule has 2 aromatic carbocycles. The standard InChI is InChI=1S/C13H10FN3O3/c14-9-7-8(5-6-10(9)15)13(18)16-11-3-1-2-4-12(11)17(19)20/h1-7H,15H2,(H,16,18). The summed E-state index contributed by atoms with van der Waals surface area (Å²) in [5.41, 5.74) is 5.06. The van der Waals surface area contributed by atoms with E-state index in [0.29, 0.717) is 0 Å². The van der Waals surface area contributed by atoms with Gasteiger partial charge in [-0.15, -0.1) is 0 Å². The van der Waals surface area contributed by atoms with Gasteiger partial charge in [-0.25, -0.2) is 4.39 Å². The summed E-state index contributed by atoms with van der Waals surface area (Å²) >= 11 is 0. The van der Waals surface area contributed by atoms with Crippen LogP contribution in [0.2, 0.25) is 0 Å². The number of carbonyl (C=O) groups is 1. The lowest BCUT2D eigenvalue weighted by Gasteiger charge is -2.06. The highest BCUT2D eigenvalue weighted by atomic mass is 19.1. The number of nitrogen functional groups attached to an aromatic ring is 1. The topological polar surface area (TPSA) is 98.3 Å². The van der Waals surface area contributed by atoms with Crippen LogP contribution in [0.25, 0.3) is 0 Å². The highest BCUT2D eigenvalue weighted by Crippen LogP contribution is 2.24. The molecular weight excluding hydrogens is 265 g/mol. The number of anilines is 2. The number of amides is 1. The number of nitro groups is 1. The van der Waals surface area contributed by atoms with Crippen LogP contribution in [0.5, 0.6) is 0 Å². The van der Waals surface area contributed by atoms with Crippen molar-refractivity contribution < 1.29 is 14.1 Å². The maximum atomic E-state index is 13.3. The second-order valence-electron chi connectivity index (χ2n) is 3.96. The van der Waals surface area contributed by atoms with Crippen molar-refractivity contribution in [3.8, 4) is 0 Å². The lowest BCUT2D eigenvalue weighted by atomic mass is 10.1. The first-order chi connectivity index (χ1) is 9.49. The molecule has 2 rings (SSSR count). The van der Waals surface area contributed by atoms with Gasteiger partial charge in [0.1, 0.15) is 11.5 Å². The van der Waals surface area contributed by atoms with Crippen LogP contribution in [0.3, 0.4) is 0 Å². The number of carbonyl (C=O) groups excluding carboxylic acids is 1. The number of hydrogen-bond acceptors (Lipinski definition) is 4. The van der Waals surface area contributed by atoms with E-state index in [2.05, 4.69) is 5.32 Å². The van der Waals surface area contributed by atoms with E-state index in [1.54, 1.807) is 6.07 Å². The van der Waals surface area contributed by atoms with E-state index >= 15 is 0 Å². The zero-order valence-electron chi connectivity index (χ0n) is 10.2. The van der Waals surface area contributed by atoms with Gasteiger partial charge in [0.15, 0.2) is 0 Å². The van der Waals surface area contributed by atoms with E-state index in [1.807, 2.05) is 0 Å². The Labute approximate surface area is 113 Å². The van der Waals surface area contributed by atoms with Gasteiger partial charge in [0, 0.05) is 11.6 Å². The Balaban J connectivity index is 2.28. The monoisotopic (exact) mass is 275 g/mol. The number of nitrogens with two attached hydrogens (primary N) is 1. The molecule has 0 unspecified atom stereocenters. The molecule has 7 heteroatoms. The summed E-state index contributed by atoms with van der Waals surface area (Å²) in [6, 6.07) is 9.25. The minimum absolute atomic E-state index is 0.0230. The Hall–Kier alpha value is -2.96. The molecule has 0 spiro atoms. The van der Waals surface area contributed by atoms with Gasteiger partial charge in [-0.1, -0.05) is 12.1 Å². The van der Waals surface area contributed by atoms with Gasteiger partial charge in [-0.3, -0.25) is 14.9 Å². The van der Waals surface area contributed by atoms with E-state index in [0.717, 1.165) is 6.07 Å². The number of para-hydroxylation sites is 2. The minimum Gasteiger partial charge on any atom is -0.396 e. The number of benzene rings is 2. The van der Waals surface area contributed by atoms with E-state index in [4.69, 9.17) is 5.73 Å². The molecular formula is C13H10FN3O3. The Morgan fingerprint density at radius 2 is 1.95 bits per heavy atom. The fourth-order valence-electron chi connectivity index (χ4n) is 1.60. The van der Waals surface area contributed by atoms with Gasteiger partial charge >= 0.3 is 0 Å². The number of rotatable bonds is 3. The van der Waals surface area contributed by atoms with E-state index in [-0.39, 0.29) is 22.6 Å². The summed E-state index contributed by atoms with van der Waals surface area (Å²) in [5, 5.41) is 13.2. The third kappa shape index (κ3) is 2.72. The van der Waals surface area contributed by atoms with E-state index in [1.165, 1.54) is 30.3 Å². The fraction of sp³-hybridized carbons (Fsp3) is 0. The average molecular weight is 275 g/mol. The minimum atomic E-state index is -0.722. The van der Waals surface area contributed by atoms with Crippen LogP contribution in [-0.4, -0.2) is 10.8 Å². The molecule has 0 aliphatic rings. The van der Waals surface area contributed by atoms with Crippen LogP contribution in [0, 0.1) is 15.9 Å². The van der Waals surface area contributed by atoms with Crippen molar-refractivity contribution in [2.24, 2.45) is 0 Å². The Kier molecular flexibility index (Phi) is 3.60. The first-order valence-corrected chi connectivity index (χ1v) is 5.59. The highest BCUT2D eigenvalue weighted by Gasteiger charge is 2.16. The van der Waals surface area contributed by atoms with Gasteiger partial charge in [0.05, 0.1) is 10.6 Å². The first-order valence-electron chi connectivity index (χ1n) is 5.59. The largest absolute Gasteiger partial charge is 0.396 e. The van der Waals surface area contributed by atoms with Gasteiger partial charge in [0.2, 0.25) is 0 Å². The molecule has 0 aromatic heterocycles. The van der Waals surface area contributed by atoms with Crippen LogP contribution < -0.4 is 11.1 Å². The average Bonchev–Trinajstić information content (AvgIpc) is 2.42. The van der Waals surface area contributed by atoms with Crippen LogP contribution in [0.1, 0.15) is 10.4 Å². The fourth-order valence-corrected chi connectivity index (χ4v) is 1.60. The van der Waals surface area contributed by atoms with Gasteiger partial charge in [-0.2, -0.15) is 0 Å². The number of nitrogens with zero attached hydrogens (tertiary/aromatic N) is 1. The van der Waals surface area contributed by atoms with Crippen molar-refractivity contribution in [3.05, 3.63) is 64.0 Å². The zero-order valence-corrected chi connectivity index (χ0v) is 10.2. The Morgan fingerprint density at radius 1 is 1.25 bits per heavy atom. The van der Waals surface area contributed by atoms with Gasteiger partial charge < -0.3 is 11.1 Å². The molecule has 0 bridgehead atoms. The predicted octanol–water partition coefficient (Wildman–Crippen LogP) is 2.57. The number of nitro benzene ring substituents is 1. The maximum absolute atomic E-state index is 13.3. The molecule has 102 valence electrons. The maximum Gasteiger partial charge on any atom is 0.292 e. The second-order valence-corrected chi connectivity index (χ2v) is 3.96. The van der Waals surface area contributed by atoms with Crippen LogP contribution in [-0.2, 0) is 0 Å². The lowest BCUT2D eigenvalue weighted by molar-refractivity contribution is -0.383. The molecule has 0 fully saturated rings. The van der Waals surface area contributed by atoms with Crippen molar-refractivity contribution in [2.45, 2.75) is 0 Å². The molecule has 6 nitrogen and oxygen atoms in total. The predicted molar refractivity (Wildman–Crippen MR) is 71.9 cm³/mol. The Morgan fingerprint density at radius 3 is 2.60 bits per heavy atom. The quantitative estimate of drug-likeness (QED) is 0.511.